The van der Waals surface area contributed by atoms with Crippen molar-refractivity contribution in [2.75, 3.05) is 19.7 Å². The second kappa shape index (κ2) is 10.7. The van der Waals surface area contributed by atoms with Gasteiger partial charge in [0.1, 0.15) is 12.4 Å². The van der Waals surface area contributed by atoms with Crippen molar-refractivity contribution < 1.29 is 37.7 Å². The van der Waals surface area contributed by atoms with Crippen LogP contribution in [0.25, 0.3) is 10.8 Å². The number of carbonyl (C=O) groups excluding carboxylic acids is 2. The van der Waals surface area contributed by atoms with E-state index in [1.807, 2.05) is 0 Å². The van der Waals surface area contributed by atoms with Crippen LogP contribution in [0.1, 0.15) is 49.0 Å². The molecule has 2 aliphatic heterocycles. The summed E-state index contributed by atoms with van der Waals surface area (Å²) < 4.78 is 38.8. The fourth-order valence-corrected chi connectivity index (χ4v) is 4.42. The van der Waals surface area contributed by atoms with E-state index < -0.39 is 36.3 Å². The predicted molar refractivity (Wildman–Crippen MR) is 132 cm³/mol. The summed E-state index contributed by atoms with van der Waals surface area (Å²) in [4.78, 5) is 40.5. The summed E-state index contributed by atoms with van der Waals surface area (Å²) in [6.45, 7) is 4.10. The number of alkyl halides is 2. The highest BCUT2D eigenvalue weighted by Crippen LogP contribution is 2.34. The van der Waals surface area contributed by atoms with Crippen molar-refractivity contribution in [2.24, 2.45) is 11.7 Å². The van der Waals surface area contributed by atoms with E-state index in [1.165, 1.54) is 17.2 Å². The SMILES string of the molecule is CC(C)Oc1cc2c(OC[C@@H]3CC(F)(F)C(=O)N3)ncc(C#CC3CCN(C(=O)O)CC3)c2cc1C(N)=O. The Morgan fingerprint density at radius 3 is 2.58 bits per heavy atom. The van der Waals surface area contributed by atoms with Crippen LogP contribution in [-0.4, -0.2) is 70.7 Å². The first-order chi connectivity index (χ1) is 17.9. The Bertz CT molecular complexity index is 1330. The molecule has 0 radical (unpaired) electrons. The molecule has 2 aromatic rings. The average molecular weight is 531 g/mol. The summed E-state index contributed by atoms with van der Waals surface area (Å²) in [7, 11) is 0. The molecule has 2 aliphatic rings. The molecule has 38 heavy (non-hydrogen) atoms. The van der Waals surface area contributed by atoms with Crippen LogP contribution in [0.3, 0.4) is 0 Å². The topological polar surface area (TPSA) is 144 Å². The smallest absolute Gasteiger partial charge is 0.407 e. The lowest BCUT2D eigenvalue weighted by Crippen LogP contribution is -2.37. The fourth-order valence-electron chi connectivity index (χ4n) is 4.42. The molecule has 1 aromatic heterocycles. The number of hydrogen-bond acceptors (Lipinski definition) is 6. The molecule has 0 aliphatic carbocycles. The van der Waals surface area contributed by atoms with Crippen molar-refractivity contribution in [3.8, 4) is 23.5 Å². The van der Waals surface area contributed by atoms with Crippen LogP contribution < -0.4 is 20.5 Å². The number of rotatable bonds is 6. The third-order valence-electron chi connectivity index (χ3n) is 6.35. The van der Waals surface area contributed by atoms with Gasteiger partial charge in [-0.25, -0.2) is 9.78 Å². The molecule has 10 nitrogen and oxygen atoms in total. The number of piperidine rings is 1. The Labute approximate surface area is 217 Å². The zero-order valence-electron chi connectivity index (χ0n) is 20.9. The van der Waals surface area contributed by atoms with Crippen LogP contribution in [0.4, 0.5) is 13.6 Å². The maximum atomic E-state index is 13.6. The van der Waals surface area contributed by atoms with Crippen LogP contribution >= 0.6 is 0 Å². The summed E-state index contributed by atoms with van der Waals surface area (Å²) in [5, 5.41) is 12.3. The van der Waals surface area contributed by atoms with Gasteiger partial charge in [0.15, 0.2) is 0 Å². The van der Waals surface area contributed by atoms with Crippen LogP contribution in [-0.2, 0) is 4.79 Å². The Kier molecular flexibility index (Phi) is 7.57. The average Bonchev–Trinajstić information content (AvgIpc) is 3.12. The van der Waals surface area contributed by atoms with Gasteiger partial charge in [-0.3, -0.25) is 9.59 Å². The number of benzene rings is 1. The number of carboxylic acid groups (broad SMARTS) is 1. The maximum absolute atomic E-state index is 13.6. The lowest BCUT2D eigenvalue weighted by Gasteiger charge is -2.27. The first-order valence-electron chi connectivity index (χ1n) is 12.2. The van der Waals surface area contributed by atoms with Gasteiger partial charge in [0.05, 0.1) is 23.3 Å². The van der Waals surface area contributed by atoms with Crippen LogP contribution in [0.5, 0.6) is 11.6 Å². The first-order valence-corrected chi connectivity index (χ1v) is 12.2. The van der Waals surface area contributed by atoms with E-state index in [4.69, 9.17) is 20.3 Å². The molecular weight excluding hydrogens is 502 g/mol. The van der Waals surface area contributed by atoms with Crippen molar-refractivity contribution in [1.82, 2.24) is 15.2 Å². The number of amides is 3. The molecule has 3 amide bonds. The van der Waals surface area contributed by atoms with Crippen molar-refractivity contribution >= 4 is 28.7 Å². The number of nitrogens with zero attached hydrogens (tertiary/aromatic N) is 2. The molecule has 0 saturated carbocycles. The zero-order valence-corrected chi connectivity index (χ0v) is 20.9. The molecule has 202 valence electrons. The van der Waals surface area contributed by atoms with Gasteiger partial charge in [0.25, 0.3) is 11.8 Å². The Morgan fingerprint density at radius 2 is 2.00 bits per heavy atom. The number of primary amides is 1. The van der Waals surface area contributed by atoms with Crippen molar-refractivity contribution in [3.05, 3.63) is 29.5 Å². The van der Waals surface area contributed by atoms with E-state index in [0.29, 0.717) is 42.3 Å². The number of carbonyl (C=O) groups is 3. The summed E-state index contributed by atoms with van der Waals surface area (Å²) in [5.74, 6) is 1.01. The van der Waals surface area contributed by atoms with Gasteiger partial charge in [-0.2, -0.15) is 8.78 Å². The standard InChI is InChI=1S/C26H28F2N4O6/c1-14(2)38-21-10-19-18(9-20(21)22(29)33)16(4-3-15-5-7-32(8-6-15)25(35)36)12-30-23(19)37-13-17-11-26(27,28)24(34)31-17/h9-10,12,14-15,17H,5-8,11,13H2,1-2H3,(H2,29,33)(H,31,34)(H,35,36)/t17-/m0/s1. The van der Waals surface area contributed by atoms with E-state index in [0.717, 1.165) is 0 Å². The Balaban J connectivity index is 1.68. The van der Waals surface area contributed by atoms with Crippen molar-refractivity contribution in [1.29, 1.82) is 0 Å². The first kappa shape index (κ1) is 26.9. The van der Waals surface area contributed by atoms with Gasteiger partial charge < -0.3 is 30.5 Å². The van der Waals surface area contributed by atoms with Gasteiger partial charge in [0, 0.05) is 42.4 Å². The van der Waals surface area contributed by atoms with Gasteiger partial charge >= 0.3 is 12.0 Å². The maximum Gasteiger partial charge on any atom is 0.407 e. The molecule has 1 atom stereocenters. The number of halogens is 2. The second-order valence-electron chi connectivity index (χ2n) is 9.61. The monoisotopic (exact) mass is 530 g/mol. The molecule has 2 fully saturated rings. The number of fused-ring (bicyclic) bond motifs is 1. The quantitative estimate of drug-likeness (QED) is 0.487. The third kappa shape index (κ3) is 5.88. The highest BCUT2D eigenvalue weighted by Gasteiger charge is 2.48. The summed E-state index contributed by atoms with van der Waals surface area (Å²) in [6, 6.07) is 2.18. The number of nitrogens with one attached hydrogen (secondary N) is 1. The van der Waals surface area contributed by atoms with Crippen molar-refractivity contribution in [3.63, 3.8) is 0 Å². The molecule has 4 rings (SSSR count). The number of ether oxygens (including phenoxy) is 2. The van der Waals surface area contributed by atoms with Crippen LogP contribution in [0.15, 0.2) is 18.3 Å². The summed E-state index contributed by atoms with van der Waals surface area (Å²) in [6.07, 6.45) is 0.694. The number of likely N-dealkylation sites (tertiary alicyclic amines) is 1. The van der Waals surface area contributed by atoms with E-state index in [-0.39, 0.29) is 35.8 Å². The van der Waals surface area contributed by atoms with Gasteiger partial charge in [0.2, 0.25) is 5.88 Å². The molecule has 2 saturated heterocycles. The summed E-state index contributed by atoms with van der Waals surface area (Å²) in [5.41, 5.74) is 6.22. The summed E-state index contributed by atoms with van der Waals surface area (Å²) >= 11 is 0. The molecule has 1 aromatic carbocycles. The third-order valence-corrected chi connectivity index (χ3v) is 6.35. The fraction of sp³-hybridized carbons (Fsp3) is 0.462. The number of nitrogens with two attached hydrogens (primary N) is 1. The van der Waals surface area contributed by atoms with Crippen LogP contribution in [0, 0.1) is 17.8 Å². The van der Waals surface area contributed by atoms with Crippen LogP contribution in [0.2, 0.25) is 0 Å². The molecule has 3 heterocycles. The molecular formula is C26H28F2N4O6. The molecule has 0 bridgehead atoms. The Hall–Kier alpha value is -4.14. The minimum atomic E-state index is -3.46. The molecule has 12 heteroatoms. The predicted octanol–water partition coefficient (Wildman–Crippen LogP) is 2.77. The van der Waals surface area contributed by atoms with E-state index in [1.54, 1.807) is 19.9 Å². The second-order valence-corrected chi connectivity index (χ2v) is 9.61. The molecule has 4 N–H and O–H groups in total. The number of aromatic nitrogens is 1. The highest BCUT2D eigenvalue weighted by atomic mass is 19.3. The largest absolute Gasteiger partial charge is 0.490 e. The minimum absolute atomic E-state index is 0.0246. The number of pyridine rings is 1. The van der Waals surface area contributed by atoms with Crippen molar-refractivity contribution in [2.45, 2.75) is 51.2 Å². The molecule has 0 unspecified atom stereocenters. The number of hydrogen-bond donors (Lipinski definition) is 3. The van der Waals surface area contributed by atoms with E-state index >= 15 is 0 Å². The lowest BCUT2D eigenvalue weighted by atomic mass is 9.96. The van der Waals surface area contributed by atoms with Gasteiger partial charge in [-0.1, -0.05) is 11.8 Å². The highest BCUT2D eigenvalue weighted by molar-refractivity contribution is 6.03. The van der Waals surface area contributed by atoms with Gasteiger partial charge in [-0.05, 0) is 38.8 Å². The van der Waals surface area contributed by atoms with E-state index in [9.17, 15) is 23.2 Å². The zero-order chi connectivity index (χ0) is 27.6. The normalized spacial score (nSPS) is 19.1. The van der Waals surface area contributed by atoms with Gasteiger partial charge in [-0.15, -0.1) is 0 Å². The Morgan fingerprint density at radius 1 is 1.29 bits per heavy atom. The minimum Gasteiger partial charge on any atom is -0.490 e. The molecule has 0 spiro atoms. The lowest BCUT2D eigenvalue weighted by molar-refractivity contribution is -0.139. The van der Waals surface area contributed by atoms with E-state index in [2.05, 4.69) is 22.1 Å².